The molecule has 2 aromatic rings. The van der Waals surface area contributed by atoms with E-state index >= 15 is 0 Å². The number of benzene rings is 1. The van der Waals surface area contributed by atoms with Gasteiger partial charge >= 0.3 is 6.03 Å². The summed E-state index contributed by atoms with van der Waals surface area (Å²) >= 11 is 0. The zero-order valence-corrected chi connectivity index (χ0v) is 18.4. The van der Waals surface area contributed by atoms with E-state index in [0.29, 0.717) is 6.54 Å². The smallest absolute Gasteiger partial charge is 0.315 e. The number of hydrogen-bond acceptors (Lipinski definition) is 4. The van der Waals surface area contributed by atoms with Gasteiger partial charge in [0, 0.05) is 31.9 Å². The Morgan fingerprint density at radius 1 is 1.10 bits per heavy atom. The highest BCUT2D eigenvalue weighted by Crippen LogP contribution is 2.18. The standard InChI is InChI=1S/C24H34N4O2/c1-18(2)30-22-10-8-20(9-11-22)7-6-19(3)27-24(29)26-17-21-12-13-25-23(16-21)28-14-4-5-15-28/h8-13,16,18-19H,4-7,14-15,17H2,1-3H3,(H2,26,27,29). The molecule has 2 heterocycles. The zero-order valence-electron chi connectivity index (χ0n) is 18.4. The molecule has 0 bridgehead atoms. The van der Waals surface area contributed by atoms with Crippen molar-refractivity contribution in [1.29, 1.82) is 0 Å². The Labute approximate surface area is 180 Å². The van der Waals surface area contributed by atoms with Crippen LogP contribution in [0.15, 0.2) is 42.6 Å². The summed E-state index contributed by atoms with van der Waals surface area (Å²) in [6.07, 6.45) is 6.24. The Hall–Kier alpha value is -2.76. The second kappa shape index (κ2) is 10.9. The summed E-state index contributed by atoms with van der Waals surface area (Å²) < 4.78 is 5.68. The number of urea groups is 1. The second-order valence-corrected chi connectivity index (χ2v) is 8.29. The first-order chi connectivity index (χ1) is 14.5. The molecule has 1 atom stereocenters. The van der Waals surface area contributed by atoms with E-state index in [9.17, 15) is 4.79 Å². The Kier molecular flexibility index (Phi) is 7.94. The van der Waals surface area contributed by atoms with Crippen molar-refractivity contribution in [3.05, 3.63) is 53.7 Å². The van der Waals surface area contributed by atoms with Crippen LogP contribution in [0.5, 0.6) is 5.75 Å². The van der Waals surface area contributed by atoms with Crippen LogP contribution in [0.2, 0.25) is 0 Å². The number of amides is 2. The lowest BCUT2D eigenvalue weighted by Gasteiger charge is -2.17. The van der Waals surface area contributed by atoms with Gasteiger partial charge < -0.3 is 20.3 Å². The normalized spacial score (nSPS) is 14.6. The van der Waals surface area contributed by atoms with Crippen LogP contribution in [0, 0.1) is 0 Å². The van der Waals surface area contributed by atoms with Gasteiger partial charge in [0.25, 0.3) is 0 Å². The van der Waals surface area contributed by atoms with Crippen molar-refractivity contribution < 1.29 is 9.53 Å². The van der Waals surface area contributed by atoms with E-state index in [2.05, 4.69) is 38.7 Å². The summed E-state index contributed by atoms with van der Waals surface area (Å²) in [6, 6.07) is 12.2. The number of nitrogens with one attached hydrogen (secondary N) is 2. The molecule has 0 saturated carbocycles. The number of anilines is 1. The number of carbonyl (C=O) groups excluding carboxylic acids is 1. The van der Waals surface area contributed by atoms with Crippen LogP contribution in [0.3, 0.4) is 0 Å². The fourth-order valence-electron chi connectivity index (χ4n) is 3.61. The van der Waals surface area contributed by atoms with Gasteiger partial charge in [0.1, 0.15) is 11.6 Å². The first kappa shape index (κ1) is 21.9. The maximum Gasteiger partial charge on any atom is 0.315 e. The molecule has 1 fully saturated rings. The molecule has 1 unspecified atom stereocenters. The molecule has 1 aliphatic heterocycles. The summed E-state index contributed by atoms with van der Waals surface area (Å²) in [6.45, 7) is 8.71. The van der Waals surface area contributed by atoms with Gasteiger partial charge in [0.05, 0.1) is 6.10 Å². The number of aromatic nitrogens is 1. The summed E-state index contributed by atoms with van der Waals surface area (Å²) in [5.41, 5.74) is 2.31. The molecule has 1 saturated heterocycles. The highest BCUT2D eigenvalue weighted by molar-refractivity contribution is 5.74. The lowest BCUT2D eigenvalue weighted by Crippen LogP contribution is -2.40. The quantitative estimate of drug-likeness (QED) is 0.647. The molecule has 6 heteroatoms. The van der Waals surface area contributed by atoms with Gasteiger partial charge in [0.15, 0.2) is 0 Å². The summed E-state index contributed by atoms with van der Waals surface area (Å²) in [4.78, 5) is 19.0. The number of hydrogen-bond donors (Lipinski definition) is 2. The van der Waals surface area contributed by atoms with Gasteiger partial charge in [-0.15, -0.1) is 0 Å². The van der Waals surface area contributed by atoms with Crippen molar-refractivity contribution in [2.45, 2.75) is 65.1 Å². The van der Waals surface area contributed by atoms with Gasteiger partial charge in [0.2, 0.25) is 0 Å². The molecule has 1 aromatic heterocycles. The molecular formula is C24H34N4O2. The molecule has 0 aliphatic carbocycles. The number of ether oxygens (including phenoxy) is 1. The van der Waals surface area contributed by atoms with Crippen LogP contribution >= 0.6 is 0 Å². The third-order valence-electron chi connectivity index (χ3n) is 5.23. The zero-order chi connectivity index (χ0) is 21.3. The van der Waals surface area contributed by atoms with Gasteiger partial charge in [-0.05, 0) is 81.8 Å². The average molecular weight is 411 g/mol. The second-order valence-electron chi connectivity index (χ2n) is 8.29. The monoisotopic (exact) mass is 410 g/mol. The van der Waals surface area contributed by atoms with Crippen molar-refractivity contribution in [2.24, 2.45) is 0 Å². The van der Waals surface area contributed by atoms with Crippen molar-refractivity contribution >= 4 is 11.8 Å². The number of nitrogens with zero attached hydrogens (tertiary/aromatic N) is 2. The lowest BCUT2D eigenvalue weighted by atomic mass is 10.1. The van der Waals surface area contributed by atoms with E-state index in [-0.39, 0.29) is 18.2 Å². The van der Waals surface area contributed by atoms with Crippen LogP contribution in [-0.2, 0) is 13.0 Å². The van der Waals surface area contributed by atoms with E-state index in [0.717, 1.165) is 43.1 Å². The van der Waals surface area contributed by atoms with Crippen LogP contribution in [-0.4, -0.2) is 36.3 Å². The van der Waals surface area contributed by atoms with Gasteiger partial charge in [-0.1, -0.05) is 12.1 Å². The average Bonchev–Trinajstić information content (AvgIpc) is 3.27. The Bertz CT molecular complexity index is 801. The topological polar surface area (TPSA) is 66.5 Å². The Balaban J connectivity index is 1.39. The molecule has 162 valence electrons. The van der Waals surface area contributed by atoms with E-state index in [4.69, 9.17) is 4.74 Å². The fraction of sp³-hybridized carbons (Fsp3) is 0.500. The minimum atomic E-state index is -0.136. The van der Waals surface area contributed by atoms with Crippen molar-refractivity contribution in [3.63, 3.8) is 0 Å². The predicted molar refractivity (Wildman–Crippen MR) is 121 cm³/mol. The Morgan fingerprint density at radius 2 is 1.83 bits per heavy atom. The van der Waals surface area contributed by atoms with Crippen LogP contribution in [0.25, 0.3) is 0 Å². The SMILES string of the molecule is CC(CCc1ccc(OC(C)C)cc1)NC(=O)NCc1ccnc(N2CCCC2)c1. The third kappa shape index (κ3) is 6.94. The number of carbonyl (C=O) groups is 1. The predicted octanol–water partition coefficient (Wildman–Crippen LogP) is 4.29. The summed E-state index contributed by atoms with van der Waals surface area (Å²) in [7, 11) is 0. The third-order valence-corrected chi connectivity index (χ3v) is 5.23. The van der Waals surface area contributed by atoms with Crippen LogP contribution in [0.4, 0.5) is 10.6 Å². The van der Waals surface area contributed by atoms with E-state index in [1.165, 1.54) is 18.4 Å². The van der Waals surface area contributed by atoms with Gasteiger partial charge in [-0.25, -0.2) is 9.78 Å². The molecule has 6 nitrogen and oxygen atoms in total. The highest BCUT2D eigenvalue weighted by Gasteiger charge is 2.14. The van der Waals surface area contributed by atoms with E-state index in [1.807, 2.05) is 45.2 Å². The van der Waals surface area contributed by atoms with Gasteiger partial charge in [-0.3, -0.25) is 0 Å². The first-order valence-electron chi connectivity index (χ1n) is 11.0. The highest BCUT2D eigenvalue weighted by atomic mass is 16.5. The molecule has 1 aromatic carbocycles. The minimum Gasteiger partial charge on any atom is -0.491 e. The van der Waals surface area contributed by atoms with E-state index in [1.54, 1.807) is 0 Å². The van der Waals surface area contributed by atoms with Gasteiger partial charge in [-0.2, -0.15) is 0 Å². The molecule has 0 radical (unpaired) electrons. The maximum absolute atomic E-state index is 12.3. The molecule has 2 amide bonds. The van der Waals surface area contributed by atoms with Crippen molar-refractivity contribution in [3.8, 4) is 5.75 Å². The maximum atomic E-state index is 12.3. The van der Waals surface area contributed by atoms with Crippen molar-refractivity contribution in [2.75, 3.05) is 18.0 Å². The van der Waals surface area contributed by atoms with Crippen LogP contribution < -0.4 is 20.3 Å². The summed E-state index contributed by atoms with van der Waals surface area (Å²) in [5, 5.41) is 5.99. The largest absolute Gasteiger partial charge is 0.491 e. The minimum absolute atomic E-state index is 0.0918. The van der Waals surface area contributed by atoms with Crippen LogP contribution in [0.1, 0.15) is 51.2 Å². The molecule has 1 aliphatic rings. The van der Waals surface area contributed by atoms with E-state index < -0.39 is 0 Å². The number of aryl methyl sites for hydroxylation is 1. The molecular weight excluding hydrogens is 376 g/mol. The summed E-state index contributed by atoms with van der Waals surface area (Å²) in [5.74, 6) is 1.90. The van der Waals surface area contributed by atoms with Crippen molar-refractivity contribution in [1.82, 2.24) is 15.6 Å². The molecule has 3 rings (SSSR count). The fourth-order valence-corrected chi connectivity index (χ4v) is 3.61. The molecule has 30 heavy (non-hydrogen) atoms. The lowest BCUT2D eigenvalue weighted by molar-refractivity contribution is 0.237. The molecule has 2 N–H and O–H groups in total. The first-order valence-corrected chi connectivity index (χ1v) is 11.0. The molecule has 0 spiro atoms. The Morgan fingerprint density at radius 3 is 2.53 bits per heavy atom. The number of rotatable bonds is 9. The number of pyridine rings is 1.